The fraction of sp³-hybridized carbons (Fsp3) is 0.294. The van der Waals surface area contributed by atoms with Crippen LogP contribution in [0.2, 0.25) is 0 Å². The summed E-state index contributed by atoms with van der Waals surface area (Å²) >= 11 is 4.01. The zero-order valence-electron chi connectivity index (χ0n) is 11.1. The summed E-state index contributed by atoms with van der Waals surface area (Å²) in [5, 5.41) is 0. The van der Waals surface area contributed by atoms with Crippen LogP contribution < -0.4 is 0 Å². The van der Waals surface area contributed by atoms with Crippen molar-refractivity contribution in [3.63, 3.8) is 0 Å². The predicted octanol–water partition coefficient (Wildman–Crippen LogP) is 5.49. The minimum Gasteiger partial charge on any atom is -0.157 e. The molecule has 0 radical (unpaired) electrons. The minimum atomic E-state index is 1.15. The van der Waals surface area contributed by atoms with Crippen LogP contribution in [0.1, 0.15) is 18.4 Å². The van der Waals surface area contributed by atoms with Crippen LogP contribution in [0.4, 0.5) is 0 Å². The Bertz CT molecular complexity index is 396. The number of hydrogen-bond acceptors (Lipinski definition) is 2. The largest absolute Gasteiger partial charge is 0.157 e. The van der Waals surface area contributed by atoms with Crippen molar-refractivity contribution in [1.29, 1.82) is 0 Å². The van der Waals surface area contributed by atoms with E-state index in [2.05, 4.69) is 60.7 Å². The maximum absolute atomic E-state index is 2.21. The lowest BCUT2D eigenvalue weighted by Crippen LogP contribution is -1.86. The third kappa shape index (κ3) is 6.22. The van der Waals surface area contributed by atoms with Gasteiger partial charge >= 0.3 is 0 Å². The van der Waals surface area contributed by atoms with Crippen LogP contribution in [0.25, 0.3) is 0 Å². The molecule has 100 valence electrons. The average Bonchev–Trinajstić information content (AvgIpc) is 2.48. The molecule has 0 bridgehead atoms. The highest BCUT2D eigenvalue weighted by Gasteiger charge is 1.95. The van der Waals surface area contributed by atoms with Gasteiger partial charge in [0.25, 0.3) is 0 Å². The standard InChI is InChI=1S/C17H20S2/c1-3-9-16(10-4-1)15-18-13-7-8-14-19-17-11-5-2-6-12-17/h1-6,9-12H,7-8,13-15H2. The first-order chi connectivity index (χ1) is 9.45. The summed E-state index contributed by atoms with van der Waals surface area (Å²) in [6.07, 6.45) is 2.62. The molecular formula is C17H20S2. The van der Waals surface area contributed by atoms with E-state index in [1.54, 1.807) is 0 Å². The molecule has 0 unspecified atom stereocenters. The molecule has 0 N–H and O–H groups in total. The monoisotopic (exact) mass is 288 g/mol. The first-order valence-electron chi connectivity index (χ1n) is 6.75. The lowest BCUT2D eigenvalue weighted by atomic mass is 10.2. The molecule has 2 aromatic carbocycles. The molecule has 2 rings (SSSR count). The molecule has 0 aromatic heterocycles. The van der Waals surface area contributed by atoms with Crippen LogP contribution in [0.15, 0.2) is 65.6 Å². The van der Waals surface area contributed by atoms with E-state index >= 15 is 0 Å². The highest BCUT2D eigenvalue weighted by molar-refractivity contribution is 7.99. The summed E-state index contributed by atoms with van der Waals surface area (Å²) in [4.78, 5) is 1.39. The Balaban J connectivity index is 1.49. The molecule has 0 atom stereocenters. The summed E-state index contributed by atoms with van der Waals surface area (Å²) in [5.41, 5.74) is 1.44. The molecule has 2 aromatic rings. The van der Waals surface area contributed by atoms with Gasteiger partial charge in [0, 0.05) is 10.6 Å². The average molecular weight is 288 g/mol. The quantitative estimate of drug-likeness (QED) is 0.465. The Morgan fingerprint density at radius 3 is 2.05 bits per heavy atom. The lowest BCUT2D eigenvalue weighted by molar-refractivity contribution is 0.906. The van der Waals surface area contributed by atoms with Gasteiger partial charge in [-0.25, -0.2) is 0 Å². The van der Waals surface area contributed by atoms with Crippen molar-refractivity contribution in [3.8, 4) is 0 Å². The second-order valence-corrected chi connectivity index (χ2v) is 6.68. The Hall–Kier alpha value is -0.860. The zero-order chi connectivity index (χ0) is 13.2. The second kappa shape index (κ2) is 9.11. The van der Waals surface area contributed by atoms with Gasteiger partial charge in [0.05, 0.1) is 0 Å². The molecule has 0 saturated heterocycles. The van der Waals surface area contributed by atoms with Crippen LogP contribution in [0, 0.1) is 0 Å². The number of thioether (sulfide) groups is 2. The van der Waals surface area contributed by atoms with Gasteiger partial charge in [-0.3, -0.25) is 0 Å². The smallest absolute Gasteiger partial charge is 0.0184 e. The number of unbranched alkanes of at least 4 members (excludes halogenated alkanes) is 1. The van der Waals surface area contributed by atoms with Crippen LogP contribution in [0.3, 0.4) is 0 Å². The van der Waals surface area contributed by atoms with Gasteiger partial charge in [-0.2, -0.15) is 11.8 Å². The molecule has 0 aliphatic carbocycles. The highest BCUT2D eigenvalue weighted by atomic mass is 32.2. The zero-order valence-corrected chi connectivity index (χ0v) is 12.8. The van der Waals surface area contributed by atoms with Crippen LogP contribution >= 0.6 is 23.5 Å². The molecule has 0 fully saturated rings. The number of hydrogen-bond donors (Lipinski definition) is 0. The van der Waals surface area contributed by atoms with Gasteiger partial charge in [0.15, 0.2) is 0 Å². The van der Waals surface area contributed by atoms with Gasteiger partial charge < -0.3 is 0 Å². The second-order valence-electron chi connectivity index (χ2n) is 4.41. The van der Waals surface area contributed by atoms with Crippen molar-refractivity contribution in [2.45, 2.75) is 23.5 Å². The molecular weight excluding hydrogens is 268 g/mol. The maximum atomic E-state index is 2.21. The van der Waals surface area contributed by atoms with E-state index in [0.717, 1.165) is 5.75 Å². The Kier molecular flexibility index (Phi) is 6.97. The third-order valence-electron chi connectivity index (χ3n) is 2.81. The molecule has 0 aliphatic rings. The first kappa shape index (κ1) is 14.5. The SMILES string of the molecule is c1ccc(CSCCCCSc2ccccc2)cc1. The van der Waals surface area contributed by atoms with Crippen molar-refractivity contribution in [2.24, 2.45) is 0 Å². The summed E-state index contributed by atoms with van der Waals surface area (Å²) in [5.74, 6) is 3.65. The fourth-order valence-corrected chi connectivity index (χ4v) is 3.69. The minimum absolute atomic E-state index is 1.15. The highest BCUT2D eigenvalue weighted by Crippen LogP contribution is 2.19. The molecule has 0 aliphatic heterocycles. The van der Waals surface area contributed by atoms with Crippen molar-refractivity contribution in [2.75, 3.05) is 11.5 Å². The fourth-order valence-electron chi connectivity index (χ4n) is 1.78. The molecule has 0 amide bonds. The summed E-state index contributed by atoms with van der Waals surface area (Å²) in [6, 6.07) is 21.4. The molecule has 19 heavy (non-hydrogen) atoms. The van der Waals surface area contributed by atoms with Gasteiger partial charge in [0.2, 0.25) is 0 Å². The van der Waals surface area contributed by atoms with E-state index in [1.807, 2.05) is 23.5 Å². The molecule has 0 nitrogen and oxygen atoms in total. The van der Waals surface area contributed by atoms with E-state index in [0.29, 0.717) is 0 Å². The summed E-state index contributed by atoms with van der Waals surface area (Å²) in [7, 11) is 0. The Labute approximate surface area is 125 Å². The van der Waals surface area contributed by atoms with Crippen molar-refractivity contribution >= 4 is 23.5 Å². The normalized spacial score (nSPS) is 10.5. The van der Waals surface area contributed by atoms with E-state index in [4.69, 9.17) is 0 Å². The van der Waals surface area contributed by atoms with E-state index in [-0.39, 0.29) is 0 Å². The van der Waals surface area contributed by atoms with E-state index in [9.17, 15) is 0 Å². The first-order valence-corrected chi connectivity index (χ1v) is 8.89. The van der Waals surface area contributed by atoms with Gasteiger partial charge in [-0.15, -0.1) is 11.8 Å². The van der Waals surface area contributed by atoms with Crippen molar-refractivity contribution in [3.05, 3.63) is 66.2 Å². The third-order valence-corrected chi connectivity index (χ3v) is 5.02. The van der Waals surface area contributed by atoms with Gasteiger partial charge in [-0.1, -0.05) is 48.5 Å². The molecule has 0 saturated carbocycles. The van der Waals surface area contributed by atoms with E-state index < -0.39 is 0 Å². The molecule has 2 heteroatoms. The van der Waals surface area contributed by atoms with Crippen molar-refractivity contribution < 1.29 is 0 Å². The molecule has 0 spiro atoms. The van der Waals surface area contributed by atoms with E-state index in [1.165, 1.54) is 34.8 Å². The van der Waals surface area contributed by atoms with Gasteiger partial charge in [0.1, 0.15) is 0 Å². The topological polar surface area (TPSA) is 0 Å². The van der Waals surface area contributed by atoms with Crippen LogP contribution in [0.5, 0.6) is 0 Å². The van der Waals surface area contributed by atoms with Crippen LogP contribution in [-0.4, -0.2) is 11.5 Å². The summed E-state index contributed by atoms with van der Waals surface area (Å²) < 4.78 is 0. The lowest BCUT2D eigenvalue weighted by Gasteiger charge is -2.03. The summed E-state index contributed by atoms with van der Waals surface area (Å²) in [6.45, 7) is 0. The van der Waals surface area contributed by atoms with Gasteiger partial charge in [-0.05, 0) is 42.0 Å². The maximum Gasteiger partial charge on any atom is 0.0184 e. The number of rotatable bonds is 8. The Morgan fingerprint density at radius 2 is 1.32 bits per heavy atom. The number of benzene rings is 2. The van der Waals surface area contributed by atoms with Crippen molar-refractivity contribution in [1.82, 2.24) is 0 Å². The Morgan fingerprint density at radius 1 is 0.684 bits per heavy atom. The van der Waals surface area contributed by atoms with Crippen LogP contribution in [-0.2, 0) is 5.75 Å². The molecule has 0 heterocycles. The predicted molar refractivity (Wildman–Crippen MR) is 89.0 cm³/mol.